The number of nitrogens with zero attached hydrogens (tertiary/aromatic N) is 1. The van der Waals surface area contributed by atoms with Gasteiger partial charge in [0.2, 0.25) is 5.91 Å². The van der Waals surface area contributed by atoms with E-state index in [9.17, 15) is 9.59 Å². The number of thioether (sulfide) groups is 1. The van der Waals surface area contributed by atoms with Crippen molar-refractivity contribution in [3.8, 4) is 0 Å². The van der Waals surface area contributed by atoms with E-state index in [2.05, 4.69) is 5.32 Å². The minimum Gasteiger partial charge on any atom is -0.325 e. The Labute approximate surface area is 154 Å². The predicted molar refractivity (Wildman–Crippen MR) is 105 cm³/mol. The van der Waals surface area contributed by atoms with Crippen molar-refractivity contribution in [3.05, 3.63) is 70.0 Å². The van der Waals surface area contributed by atoms with Crippen molar-refractivity contribution in [1.29, 1.82) is 0 Å². The molecule has 0 radical (unpaired) electrons. The molecule has 3 rings (SSSR count). The standard InChI is InChI=1S/C19H17ClN2O2S/c1-2-22-16-9-4-3-8-15(16)17(11-19(22)24)25-12-18(23)21-14-7-5-6-13(20)10-14/h3-11H,2,12H2,1H3,(H,21,23). The zero-order chi connectivity index (χ0) is 17.8. The van der Waals surface area contributed by atoms with Crippen molar-refractivity contribution in [1.82, 2.24) is 4.57 Å². The molecule has 6 heteroatoms. The summed E-state index contributed by atoms with van der Waals surface area (Å²) < 4.78 is 1.73. The Kier molecular flexibility index (Phi) is 5.46. The smallest absolute Gasteiger partial charge is 0.252 e. The summed E-state index contributed by atoms with van der Waals surface area (Å²) in [6.07, 6.45) is 0. The number of nitrogens with one attached hydrogen (secondary N) is 1. The third-order valence-corrected chi connectivity index (χ3v) is 5.05. The van der Waals surface area contributed by atoms with Gasteiger partial charge in [-0.2, -0.15) is 0 Å². The van der Waals surface area contributed by atoms with Gasteiger partial charge in [-0.3, -0.25) is 9.59 Å². The number of anilines is 1. The van der Waals surface area contributed by atoms with Gasteiger partial charge < -0.3 is 9.88 Å². The first-order valence-electron chi connectivity index (χ1n) is 7.89. The molecule has 1 heterocycles. The van der Waals surface area contributed by atoms with Crippen molar-refractivity contribution in [2.45, 2.75) is 18.4 Å². The van der Waals surface area contributed by atoms with Gasteiger partial charge in [-0.15, -0.1) is 11.8 Å². The number of hydrogen-bond donors (Lipinski definition) is 1. The highest BCUT2D eigenvalue weighted by atomic mass is 35.5. The van der Waals surface area contributed by atoms with Crippen LogP contribution in [0.4, 0.5) is 5.69 Å². The number of hydrogen-bond acceptors (Lipinski definition) is 3. The Bertz CT molecular complexity index is 985. The Morgan fingerprint density at radius 1 is 1.16 bits per heavy atom. The molecule has 0 unspecified atom stereocenters. The van der Waals surface area contributed by atoms with E-state index in [0.29, 0.717) is 17.3 Å². The number of amides is 1. The van der Waals surface area contributed by atoms with Gasteiger partial charge in [0.25, 0.3) is 5.56 Å². The van der Waals surface area contributed by atoms with Crippen LogP contribution in [-0.4, -0.2) is 16.2 Å². The molecule has 0 aliphatic heterocycles. The maximum atomic E-state index is 12.3. The first-order valence-corrected chi connectivity index (χ1v) is 9.25. The summed E-state index contributed by atoms with van der Waals surface area (Å²) in [6, 6.07) is 16.4. The maximum Gasteiger partial charge on any atom is 0.252 e. The van der Waals surface area contributed by atoms with E-state index in [4.69, 9.17) is 11.6 Å². The molecule has 1 amide bonds. The summed E-state index contributed by atoms with van der Waals surface area (Å²) in [5.74, 6) is 0.0718. The number of carbonyl (C=O) groups excluding carboxylic acids is 1. The summed E-state index contributed by atoms with van der Waals surface area (Å²) in [6.45, 7) is 2.55. The van der Waals surface area contributed by atoms with E-state index in [1.165, 1.54) is 11.8 Å². The fourth-order valence-corrected chi connectivity index (χ4v) is 3.72. The van der Waals surface area contributed by atoms with Crippen molar-refractivity contribution >= 4 is 45.9 Å². The Hall–Kier alpha value is -2.24. The number of halogens is 1. The highest BCUT2D eigenvalue weighted by molar-refractivity contribution is 8.00. The first-order chi connectivity index (χ1) is 12.1. The van der Waals surface area contributed by atoms with Crippen molar-refractivity contribution in [3.63, 3.8) is 0 Å². The third kappa shape index (κ3) is 4.06. The van der Waals surface area contributed by atoms with Gasteiger partial charge in [-0.1, -0.05) is 35.9 Å². The van der Waals surface area contributed by atoms with E-state index >= 15 is 0 Å². The Morgan fingerprint density at radius 2 is 1.96 bits per heavy atom. The van der Waals surface area contributed by atoms with Crippen LogP contribution in [0, 0.1) is 0 Å². The molecule has 2 aromatic carbocycles. The number of rotatable bonds is 5. The number of aromatic nitrogens is 1. The summed E-state index contributed by atoms with van der Waals surface area (Å²) in [4.78, 5) is 25.3. The summed E-state index contributed by atoms with van der Waals surface area (Å²) >= 11 is 7.28. The molecule has 0 saturated heterocycles. The lowest BCUT2D eigenvalue weighted by Crippen LogP contribution is -2.19. The van der Waals surface area contributed by atoms with Gasteiger partial charge in [-0.05, 0) is 31.2 Å². The van der Waals surface area contributed by atoms with Gasteiger partial charge in [-0.25, -0.2) is 0 Å². The number of benzene rings is 2. The van der Waals surface area contributed by atoms with Crippen LogP contribution in [0.3, 0.4) is 0 Å². The number of pyridine rings is 1. The molecule has 0 aliphatic carbocycles. The fraction of sp³-hybridized carbons (Fsp3) is 0.158. The van der Waals surface area contributed by atoms with Crippen LogP contribution < -0.4 is 10.9 Å². The molecule has 25 heavy (non-hydrogen) atoms. The molecule has 0 saturated carbocycles. The van der Waals surface area contributed by atoms with Gasteiger partial charge in [0, 0.05) is 33.6 Å². The molecule has 1 aromatic heterocycles. The minimum absolute atomic E-state index is 0.0565. The maximum absolute atomic E-state index is 12.3. The lowest BCUT2D eigenvalue weighted by molar-refractivity contribution is -0.113. The number of para-hydroxylation sites is 1. The average molecular weight is 373 g/mol. The van der Waals surface area contributed by atoms with Crippen LogP contribution in [0.15, 0.2) is 64.3 Å². The van der Waals surface area contributed by atoms with E-state index < -0.39 is 0 Å². The average Bonchev–Trinajstić information content (AvgIpc) is 2.60. The van der Waals surface area contributed by atoms with Gasteiger partial charge in [0.15, 0.2) is 0 Å². The normalized spacial score (nSPS) is 10.8. The zero-order valence-corrected chi connectivity index (χ0v) is 15.2. The van der Waals surface area contributed by atoms with Gasteiger partial charge in [0.1, 0.15) is 0 Å². The highest BCUT2D eigenvalue weighted by Crippen LogP contribution is 2.26. The van der Waals surface area contributed by atoms with Crippen LogP contribution in [0.2, 0.25) is 5.02 Å². The van der Waals surface area contributed by atoms with Crippen LogP contribution in [0.25, 0.3) is 10.9 Å². The topological polar surface area (TPSA) is 51.1 Å². The first kappa shape index (κ1) is 17.6. The quantitative estimate of drug-likeness (QED) is 0.675. The lowest BCUT2D eigenvalue weighted by atomic mass is 10.2. The molecule has 0 aliphatic rings. The van der Waals surface area contributed by atoms with Crippen LogP contribution in [0.1, 0.15) is 6.92 Å². The summed E-state index contributed by atoms with van der Waals surface area (Å²) in [5, 5.41) is 4.36. The molecule has 0 atom stereocenters. The largest absolute Gasteiger partial charge is 0.325 e. The molecule has 1 N–H and O–H groups in total. The second-order valence-corrected chi connectivity index (χ2v) is 6.91. The van der Waals surface area contributed by atoms with E-state index in [-0.39, 0.29) is 17.2 Å². The summed E-state index contributed by atoms with van der Waals surface area (Å²) in [5.41, 5.74) is 1.48. The van der Waals surface area contributed by atoms with E-state index in [1.807, 2.05) is 31.2 Å². The minimum atomic E-state index is -0.143. The molecule has 0 spiro atoms. The van der Waals surface area contributed by atoms with Crippen LogP contribution >= 0.6 is 23.4 Å². The lowest BCUT2D eigenvalue weighted by Gasteiger charge is -2.11. The highest BCUT2D eigenvalue weighted by Gasteiger charge is 2.10. The molecular formula is C19H17ClN2O2S. The van der Waals surface area contributed by atoms with Crippen molar-refractivity contribution in [2.75, 3.05) is 11.1 Å². The van der Waals surface area contributed by atoms with E-state index in [1.54, 1.807) is 34.9 Å². The molecule has 3 aromatic rings. The second kappa shape index (κ2) is 7.76. The molecule has 0 bridgehead atoms. The van der Waals surface area contributed by atoms with Gasteiger partial charge >= 0.3 is 0 Å². The Morgan fingerprint density at radius 3 is 2.72 bits per heavy atom. The van der Waals surface area contributed by atoms with Crippen LogP contribution in [0.5, 0.6) is 0 Å². The second-order valence-electron chi connectivity index (χ2n) is 5.46. The van der Waals surface area contributed by atoms with Crippen LogP contribution in [-0.2, 0) is 11.3 Å². The molecule has 0 fully saturated rings. The fourth-order valence-electron chi connectivity index (χ4n) is 2.66. The van der Waals surface area contributed by atoms with Crippen molar-refractivity contribution in [2.24, 2.45) is 0 Å². The Balaban J connectivity index is 1.79. The SMILES string of the molecule is CCn1c(=O)cc(SCC(=O)Nc2cccc(Cl)c2)c2ccccc21. The van der Waals surface area contributed by atoms with Gasteiger partial charge in [0.05, 0.1) is 11.3 Å². The van der Waals surface area contributed by atoms with E-state index in [0.717, 1.165) is 15.8 Å². The molecule has 4 nitrogen and oxygen atoms in total. The number of carbonyl (C=O) groups is 1. The molecule has 128 valence electrons. The monoisotopic (exact) mass is 372 g/mol. The number of aryl methyl sites for hydroxylation is 1. The van der Waals surface area contributed by atoms with Crippen molar-refractivity contribution < 1.29 is 4.79 Å². The third-order valence-electron chi connectivity index (χ3n) is 3.76. The summed E-state index contributed by atoms with van der Waals surface area (Å²) in [7, 11) is 0. The predicted octanol–water partition coefficient (Wildman–Crippen LogP) is 4.41. The molecular weight excluding hydrogens is 356 g/mol. The number of fused-ring (bicyclic) bond motifs is 1. The zero-order valence-electron chi connectivity index (χ0n) is 13.7.